The number of hydrogen-bond donors (Lipinski definition) is 1. The van der Waals surface area contributed by atoms with E-state index in [4.69, 9.17) is 0 Å². The van der Waals surface area contributed by atoms with Crippen LogP contribution in [-0.2, 0) is 4.79 Å². The number of aromatic amines is 1. The van der Waals surface area contributed by atoms with Crippen LogP contribution < -0.4 is 0 Å². The molecule has 0 amide bonds. The van der Waals surface area contributed by atoms with Crippen molar-refractivity contribution in [2.75, 3.05) is 0 Å². The van der Waals surface area contributed by atoms with Gasteiger partial charge in [0.05, 0.1) is 18.7 Å². The smallest absolute Gasteiger partial charge is 0.164 e. The fourth-order valence-electron chi connectivity index (χ4n) is 1.79. The number of amidine groups is 1. The highest BCUT2D eigenvalue weighted by atomic mass is 16.1. The SMILES string of the molecule is CC1C(C=O)=CN=C2c3nc[nH]c3N=CN21. The van der Waals surface area contributed by atoms with E-state index in [1.165, 1.54) is 0 Å². The van der Waals surface area contributed by atoms with Gasteiger partial charge in [-0.15, -0.1) is 0 Å². The van der Waals surface area contributed by atoms with Crippen molar-refractivity contribution >= 4 is 24.3 Å². The number of nitrogens with one attached hydrogen (secondary N) is 1. The van der Waals surface area contributed by atoms with Crippen LogP contribution in [0.25, 0.3) is 0 Å². The molecule has 0 fully saturated rings. The van der Waals surface area contributed by atoms with Crippen LogP contribution in [-0.4, -0.2) is 39.4 Å². The molecule has 0 bridgehead atoms. The number of fused-ring (bicyclic) bond motifs is 3. The Bertz CT molecular complexity index is 539. The van der Waals surface area contributed by atoms with Crippen molar-refractivity contribution in [2.24, 2.45) is 9.98 Å². The fourth-order valence-corrected chi connectivity index (χ4v) is 1.79. The summed E-state index contributed by atoms with van der Waals surface area (Å²) in [4.78, 5) is 28.2. The Morgan fingerprint density at radius 1 is 1.56 bits per heavy atom. The summed E-state index contributed by atoms with van der Waals surface area (Å²) in [7, 11) is 0. The number of aliphatic imine (C=N–C) groups is 2. The molecule has 1 atom stereocenters. The Labute approximate surface area is 91.4 Å². The summed E-state index contributed by atoms with van der Waals surface area (Å²) in [5.74, 6) is 1.43. The van der Waals surface area contributed by atoms with Crippen molar-refractivity contribution in [2.45, 2.75) is 13.0 Å². The molecular weight excluding hydrogens is 206 g/mol. The molecular formula is C10H9N5O. The third-order valence-corrected chi connectivity index (χ3v) is 2.76. The molecule has 0 spiro atoms. The highest BCUT2D eigenvalue weighted by molar-refractivity contribution is 6.10. The molecule has 3 rings (SSSR count). The Morgan fingerprint density at radius 2 is 2.44 bits per heavy atom. The Kier molecular flexibility index (Phi) is 1.76. The van der Waals surface area contributed by atoms with E-state index in [1.807, 2.05) is 11.8 Å². The average molecular weight is 215 g/mol. The first-order chi connectivity index (χ1) is 7.81. The zero-order valence-corrected chi connectivity index (χ0v) is 8.58. The van der Waals surface area contributed by atoms with Crippen LogP contribution in [0, 0.1) is 0 Å². The first kappa shape index (κ1) is 9.02. The molecule has 3 heterocycles. The van der Waals surface area contributed by atoms with E-state index in [2.05, 4.69) is 20.0 Å². The standard InChI is InChI=1S/C10H9N5O/c1-6-7(3-16)2-11-10-8-9(13-4-12-8)14-5-15(6)10/h2-6H,1H3,(H,12,13). The highest BCUT2D eigenvalue weighted by Crippen LogP contribution is 2.25. The maximum absolute atomic E-state index is 10.8. The summed E-state index contributed by atoms with van der Waals surface area (Å²) in [5, 5.41) is 0. The zero-order valence-electron chi connectivity index (χ0n) is 8.58. The molecule has 1 aromatic heterocycles. The number of carbonyl (C=O) groups is 1. The van der Waals surface area contributed by atoms with Gasteiger partial charge in [-0.25, -0.2) is 15.0 Å². The van der Waals surface area contributed by atoms with Crippen molar-refractivity contribution in [3.8, 4) is 0 Å². The van der Waals surface area contributed by atoms with Crippen LogP contribution in [0.5, 0.6) is 0 Å². The van der Waals surface area contributed by atoms with Gasteiger partial charge >= 0.3 is 0 Å². The molecule has 0 saturated carbocycles. The predicted molar refractivity (Wildman–Crippen MR) is 58.7 cm³/mol. The molecule has 2 aliphatic heterocycles. The van der Waals surface area contributed by atoms with Crippen LogP contribution in [0.4, 0.5) is 5.82 Å². The third kappa shape index (κ3) is 1.06. The van der Waals surface area contributed by atoms with Gasteiger partial charge in [-0.1, -0.05) is 0 Å². The van der Waals surface area contributed by atoms with Crippen molar-refractivity contribution in [3.05, 3.63) is 23.8 Å². The van der Waals surface area contributed by atoms with Gasteiger partial charge in [0.1, 0.15) is 6.29 Å². The molecule has 0 aromatic carbocycles. The normalized spacial score (nSPS) is 22.1. The second kappa shape index (κ2) is 3.13. The molecule has 0 saturated heterocycles. The topological polar surface area (TPSA) is 73.7 Å². The first-order valence-electron chi connectivity index (χ1n) is 4.90. The lowest BCUT2D eigenvalue weighted by atomic mass is 10.1. The Hall–Kier alpha value is -2.24. The molecule has 6 nitrogen and oxygen atoms in total. The lowest BCUT2D eigenvalue weighted by molar-refractivity contribution is -0.105. The number of carbonyl (C=O) groups excluding carboxylic acids is 1. The number of aromatic nitrogens is 2. The quantitative estimate of drug-likeness (QED) is 0.698. The van der Waals surface area contributed by atoms with Crippen LogP contribution in [0.3, 0.4) is 0 Å². The van der Waals surface area contributed by atoms with Crippen LogP contribution in [0.15, 0.2) is 28.1 Å². The van der Waals surface area contributed by atoms with E-state index in [0.29, 0.717) is 11.4 Å². The number of nitrogens with zero attached hydrogens (tertiary/aromatic N) is 4. The number of rotatable bonds is 1. The summed E-state index contributed by atoms with van der Waals surface area (Å²) in [6.07, 6.45) is 5.65. The second-order valence-corrected chi connectivity index (χ2v) is 3.63. The predicted octanol–water partition coefficient (Wildman–Crippen LogP) is 0.617. The summed E-state index contributed by atoms with van der Waals surface area (Å²) in [6.45, 7) is 1.93. The highest BCUT2D eigenvalue weighted by Gasteiger charge is 2.29. The molecule has 16 heavy (non-hydrogen) atoms. The van der Waals surface area contributed by atoms with Gasteiger partial charge < -0.3 is 9.88 Å². The molecule has 0 aliphatic carbocycles. The van der Waals surface area contributed by atoms with Gasteiger partial charge in [-0.2, -0.15) is 0 Å². The van der Waals surface area contributed by atoms with Gasteiger partial charge in [0.2, 0.25) is 0 Å². The average Bonchev–Trinajstić information content (AvgIpc) is 2.77. The van der Waals surface area contributed by atoms with E-state index in [1.54, 1.807) is 18.9 Å². The third-order valence-electron chi connectivity index (χ3n) is 2.76. The van der Waals surface area contributed by atoms with Gasteiger partial charge in [0, 0.05) is 11.8 Å². The molecule has 1 unspecified atom stereocenters. The van der Waals surface area contributed by atoms with Crippen LogP contribution in [0.2, 0.25) is 0 Å². The van der Waals surface area contributed by atoms with E-state index in [-0.39, 0.29) is 6.04 Å². The summed E-state index contributed by atoms with van der Waals surface area (Å²) < 4.78 is 0. The Balaban J connectivity index is 2.15. The number of aldehydes is 1. The number of H-pyrrole nitrogens is 1. The minimum atomic E-state index is -0.0569. The molecule has 2 aliphatic rings. The number of hydrogen-bond acceptors (Lipinski definition) is 5. The molecule has 0 radical (unpaired) electrons. The lowest BCUT2D eigenvalue weighted by Crippen LogP contribution is -2.43. The first-order valence-corrected chi connectivity index (χ1v) is 4.90. The van der Waals surface area contributed by atoms with Gasteiger partial charge in [-0.05, 0) is 6.92 Å². The van der Waals surface area contributed by atoms with Crippen molar-refractivity contribution < 1.29 is 4.79 Å². The van der Waals surface area contributed by atoms with Gasteiger partial charge in [0.15, 0.2) is 17.3 Å². The molecule has 1 aromatic rings. The molecule has 1 N–H and O–H groups in total. The van der Waals surface area contributed by atoms with E-state index >= 15 is 0 Å². The van der Waals surface area contributed by atoms with E-state index in [9.17, 15) is 4.79 Å². The lowest BCUT2D eigenvalue weighted by Gasteiger charge is -2.31. The fraction of sp³-hybridized carbons (Fsp3) is 0.200. The Morgan fingerprint density at radius 3 is 3.25 bits per heavy atom. The van der Waals surface area contributed by atoms with E-state index in [0.717, 1.165) is 17.8 Å². The van der Waals surface area contributed by atoms with Crippen molar-refractivity contribution in [1.29, 1.82) is 0 Å². The largest absolute Gasteiger partial charge is 0.329 e. The maximum atomic E-state index is 10.8. The zero-order chi connectivity index (χ0) is 11.1. The van der Waals surface area contributed by atoms with Crippen LogP contribution >= 0.6 is 0 Å². The second-order valence-electron chi connectivity index (χ2n) is 3.63. The van der Waals surface area contributed by atoms with Gasteiger partial charge in [-0.3, -0.25) is 4.79 Å². The minimum Gasteiger partial charge on any atom is -0.329 e. The molecule has 80 valence electrons. The summed E-state index contributed by atoms with van der Waals surface area (Å²) in [6, 6.07) is -0.0569. The summed E-state index contributed by atoms with van der Waals surface area (Å²) in [5.41, 5.74) is 1.35. The van der Waals surface area contributed by atoms with Crippen molar-refractivity contribution in [3.63, 3.8) is 0 Å². The van der Waals surface area contributed by atoms with E-state index < -0.39 is 0 Å². The minimum absolute atomic E-state index is 0.0569. The number of imidazole rings is 1. The van der Waals surface area contributed by atoms with Crippen molar-refractivity contribution in [1.82, 2.24) is 14.9 Å². The van der Waals surface area contributed by atoms with Crippen LogP contribution in [0.1, 0.15) is 12.6 Å². The molecule has 6 heteroatoms. The van der Waals surface area contributed by atoms with Gasteiger partial charge in [0.25, 0.3) is 0 Å². The summed E-state index contributed by atoms with van der Waals surface area (Å²) >= 11 is 0. The maximum Gasteiger partial charge on any atom is 0.164 e. The monoisotopic (exact) mass is 215 g/mol.